The van der Waals surface area contributed by atoms with Gasteiger partial charge in [0.15, 0.2) is 0 Å². The van der Waals surface area contributed by atoms with Gasteiger partial charge < -0.3 is 15.2 Å². The lowest BCUT2D eigenvalue weighted by atomic mass is 10.2. The molecule has 0 aromatic heterocycles. The van der Waals surface area contributed by atoms with Crippen molar-refractivity contribution in [2.24, 2.45) is 5.73 Å². The summed E-state index contributed by atoms with van der Waals surface area (Å²) in [6, 6.07) is 7.38. The smallest absolute Gasteiger partial charge is 0.411 e. The van der Waals surface area contributed by atoms with E-state index in [4.69, 9.17) is 10.5 Å². The largest absolute Gasteiger partial charge is 0.491 e. The van der Waals surface area contributed by atoms with Gasteiger partial charge in [-0.1, -0.05) is 19.1 Å². The molecule has 6 heteroatoms. The Labute approximate surface area is 110 Å². The van der Waals surface area contributed by atoms with E-state index >= 15 is 0 Å². The molecule has 0 bridgehead atoms. The predicted octanol–water partition coefficient (Wildman–Crippen LogP) is 2.53. The average Bonchev–Trinajstić information content (AvgIpc) is 2.38. The van der Waals surface area contributed by atoms with Gasteiger partial charge in [-0.3, -0.25) is 0 Å². The Morgan fingerprint density at radius 1 is 1.32 bits per heavy atom. The van der Waals surface area contributed by atoms with Gasteiger partial charge in [0, 0.05) is 6.54 Å². The molecule has 108 valence electrons. The molecule has 19 heavy (non-hydrogen) atoms. The van der Waals surface area contributed by atoms with Crippen molar-refractivity contribution in [3.05, 3.63) is 29.8 Å². The number of halogens is 3. The molecule has 0 aliphatic rings. The van der Waals surface area contributed by atoms with Crippen LogP contribution in [0.1, 0.15) is 12.5 Å². The van der Waals surface area contributed by atoms with E-state index < -0.39 is 18.9 Å². The summed E-state index contributed by atoms with van der Waals surface area (Å²) in [4.78, 5) is 0. The van der Waals surface area contributed by atoms with E-state index in [9.17, 15) is 13.2 Å². The molecule has 0 aliphatic heterocycles. The molecule has 1 rings (SSSR count). The van der Waals surface area contributed by atoms with Gasteiger partial charge in [0.25, 0.3) is 0 Å². The van der Waals surface area contributed by atoms with Crippen LogP contribution in [0, 0.1) is 0 Å². The summed E-state index contributed by atoms with van der Waals surface area (Å²) in [6.45, 7) is 0.671. The van der Waals surface area contributed by atoms with Gasteiger partial charge in [-0.05, 0) is 24.1 Å². The minimum absolute atomic E-state index is 0.000250. The Balaban J connectivity index is 2.44. The fourth-order valence-corrected chi connectivity index (χ4v) is 1.44. The van der Waals surface area contributed by atoms with Crippen molar-refractivity contribution >= 4 is 0 Å². The van der Waals surface area contributed by atoms with Crippen LogP contribution in [0.2, 0.25) is 0 Å². The number of rotatable bonds is 7. The lowest BCUT2D eigenvalue weighted by Crippen LogP contribution is -2.33. The fraction of sp³-hybridized carbons (Fsp3) is 0.538. The van der Waals surface area contributed by atoms with Gasteiger partial charge in [0.05, 0.1) is 0 Å². The van der Waals surface area contributed by atoms with Crippen LogP contribution in [-0.2, 0) is 11.2 Å². The maximum absolute atomic E-state index is 12.0. The molecule has 0 saturated carbocycles. The number of alkyl halides is 3. The van der Waals surface area contributed by atoms with Gasteiger partial charge in [-0.25, -0.2) is 0 Å². The molecule has 0 spiro atoms. The highest BCUT2D eigenvalue weighted by molar-refractivity contribution is 5.28. The first-order valence-corrected chi connectivity index (χ1v) is 6.04. The minimum Gasteiger partial charge on any atom is -0.491 e. The summed E-state index contributed by atoms with van der Waals surface area (Å²) >= 11 is 0. The summed E-state index contributed by atoms with van der Waals surface area (Å²) in [7, 11) is 0. The summed E-state index contributed by atoms with van der Waals surface area (Å²) in [5, 5.41) is 0. The zero-order valence-electron chi connectivity index (χ0n) is 10.7. The summed E-state index contributed by atoms with van der Waals surface area (Å²) in [5.74, 6) is 0.605. The van der Waals surface area contributed by atoms with Crippen LogP contribution < -0.4 is 10.5 Å². The molecule has 0 radical (unpaired) electrons. The van der Waals surface area contributed by atoms with Gasteiger partial charge in [0.2, 0.25) is 0 Å². The SMILES string of the molecule is CCc1cccc(OC[C@H](CN)OCC(F)(F)F)c1. The standard InChI is InChI=1S/C13H18F3NO2/c1-2-10-4-3-5-11(6-10)18-8-12(7-17)19-9-13(14,15)16/h3-6,12H,2,7-9,17H2,1H3/t12-/m0/s1. The average molecular weight is 277 g/mol. The van der Waals surface area contributed by atoms with Crippen molar-refractivity contribution in [1.82, 2.24) is 0 Å². The van der Waals surface area contributed by atoms with E-state index in [-0.39, 0.29) is 13.2 Å². The van der Waals surface area contributed by atoms with Crippen LogP contribution in [0.25, 0.3) is 0 Å². The Morgan fingerprint density at radius 2 is 2.05 bits per heavy atom. The van der Waals surface area contributed by atoms with Crippen molar-refractivity contribution in [2.75, 3.05) is 19.8 Å². The topological polar surface area (TPSA) is 44.5 Å². The molecule has 1 aromatic carbocycles. The van der Waals surface area contributed by atoms with Crippen LogP contribution in [0.3, 0.4) is 0 Å². The number of nitrogens with two attached hydrogens (primary N) is 1. The molecule has 0 unspecified atom stereocenters. The molecule has 0 aliphatic carbocycles. The van der Waals surface area contributed by atoms with Crippen LogP contribution in [-0.4, -0.2) is 32.0 Å². The Kier molecular flexibility index (Phi) is 6.11. The fourth-order valence-electron chi connectivity index (χ4n) is 1.44. The third-order valence-corrected chi connectivity index (χ3v) is 2.49. The normalized spacial score (nSPS) is 13.3. The Morgan fingerprint density at radius 3 is 2.63 bits per heavy atom. The van der Waals surface area contributed by atoms with Crippen molar-refractivity contribution in [3.8, 4) is 5.75 Å². The van der Waals surface area contributed by atoms with Crippen molar-refractivity contribution in [1.29, 1.82) is 0 Å². The maximum atomic E-state index is 12.0. The van der Waals surface area contributed by atoms with Crippen molar-refractivity contribution in [3.63, 3.8) is 0 Å². The van der Waals surface area contributed by atoms with E-state index in [1.807, 2.05) is 25.1 Å². The molecular formula is C13H18F3NO2. The summed E-state index contributed by atoms with van der Waals surface area (Å²) < 4.78 is 46.1. The Hall–Kier alpha value is -1.27. The molecule has 0 fully saturated rings. The third kappa shape index (κ3) is 6.45. The highest BCUT2D eigenvalue weighted by Gasteiger charge is 2.29. The third-order valence-electron chi connectivity index (χ3n) is 2.49. The lowest BCUT2D eigenvalue weighted by Gasteiger charge is -2.18. The van der Waals surface area contributed by atoms with Gasteiger partial charge >= 0.3 is 6.18 Å². The second-order valence-corrected chi connectivity index (χ2v) is 4.10. The van der Waals surface area contributed by atoms with E-state index in [1.165, 1.54) is 0 Å². The first-order valence-electron chi connectivity index (χ1n) is 6.04. The first kappa shape index (κ1) is 15.8. The van der Waals surface area contributed by atoms with E-state index in [1.54, 1.807) is 6.07 Å². The quantitative estimate of drug-likeness (QED) is 0.833. The van der Waals surface area contributed by atoms with E-state index in [0.717, 1.165) is 12.0 Å². The number of hydrogen-bond acceptors (Lipinski definition) is 3. The lowest BCUT2D eigenvalue weighted by molar-refractivity contribution is -0.186. The second kappa shape index (κ2) is 7.35. The molecule has 1 aromatic rings. The summed E-state index contributed by atoms with van der Waals surface area (Å²) in [5.41, 5.74) is 6.45. The van der Waals surface area contributed by atoms with Gasteiger partial charge in [-0.2, -0.15) is 13.2 Å². The zero-order valence-corrected chi connectivity index (χ0v) is 10.7. The molecule has 0 amide bonds. The molecule has 0 saturated heterocycles. The molecule has 3 nitrogen and oxygen atoms in total. The molecule has 1 atom stereocenters. The molecule has 0 heterocycles. The number of hydrogen-bond donors (Lipinski definition) is 1. The second-order valence-electron chi connectivity index (χ2n) is 4.10. The zero-order chi connectivity index (χ0) is 14.3. The van der Waals surface area contributed by atoms with Crippen LogP contribution >= 0.6 is 0 Å². The van der Waals surface area contributed by atoms with Crippen LogP contribution in [0.5, 0.6) is 5.75 Å². The number of benzene rings is 1. The highest BCUT2D eigenvalue weighted by atomic mass is 19.4. The monoisotopic (exact) mass is 277 g/mol. The van der Waals surface area contributed by atoms with E-state index in [0.29, 0.717) is 5.75 Å². The summed E-state index contributed by atoms with van der Waals surface area (Å²) in [6.07, 6.45) is -4.26. The molecule has 2 N–H and O–H groups in total. The van der Waals surface area contributed by atoms with Gasteiger partial charge in [-0.15, -0.1) is 0 Å². The minimum atomic E-state index is -4.35. The van der Waals surface area contributed by atoms with Crippen LogP contribution in [0.15, 0.2) is 24.3 Å². The first-order chi connectivity index (χ1) is 8.94. The van der Waals surface area contributed by atoms with Crippen LogP contribution in [0.4, 0.5) is 13.2 Å². The highest BCUT2D eigenvalue weighted by Crippen LogP contribution is 2.17. The maximum Gasteiger partial charge on any atom is 0.411 e. The molecular weight excluding hydrogens is 259 g/mol. The number of ether oxygens (including phenoxy) is 2. The van der Waals surface area contributed by atoms with E-state index in [2.05, 4.69) is 4.74 Å². The van der Waals surface area contributed by atoms with Crippen molar-refractivity contribution < 1.29 is 22.6 Å². The van der Waals surface area contributed by atoms with Gasteiger partial charge in [0.1, 0.15) is 25.1 Å². The predicted molar refractivity (Wildman–Crippen MR) is 66.2 cm³/mol. The number of aryl methyl sites for hydroxylation is 1. The van der Waals surface area contributed by atoms with Crippen molar-refractivity contribution in [2.45, 2.75) is 25.6 Å². The Bertz CT molecular complexity index is 382.